The Morgan fingerprint density at radius 3 is 2.27 bits per heavy atom. The monoisotopic (exact) mass is 423 g/mol. The van der Waals surface area contributed by atoms with E-state index in [0.29, 0.717) is 5.92 Å². The molecule has 2 amide bonds. The molecule has 0 aromatic carbocycles. The van der Waals surface area contributed by atoms with Crippen molar-refractivity contribution in [3.63, 3.8) is 0 Å². The van der Waals surface area contributed by atoms with Gasteiger partial charge in [0.2, 0.25) is 11.8 Å². The number of nitrogens with one attached hydrogen (secondary N) is 1. The molecule has 0 bridgehead atoms. The first-order valence-electron chi connectivity index (χ1n) is 10.9. The van der Waals surface area contributed by atoms with Gasteiger partial charge >= 0.3 is 5.97 Å². The van der Waals surface area contributed by atoms with Crippen LogP contribution in [-0.2, 0) is 14.4 Å². The molecule has 1 heterocycles. The summed E-state index contributed by atoms with van der Waals surface area (Å²) < 4.78 is 0. The highest BCUT2D eigenvalue weighted by Crippen LogP contribution is 2.26. The van der Waals surface area contributed by atoms with Crippen LogP contribution < -0.4 is 5.32 Å². The molecule has 30 heavy (non-hydrogen) atoms. The summed E-state index contributed by atoms with van der Waals surface area (Å²) in [6, 6.07) is -1.33. The predicted molar refractivity (Wildman–Crippen MR) is 119 cm³/mol. The maximum absolute atomic E-state index is 13.5. The third-order valence-electron chi connectivity index (χ3n) is 6.07. The van der Waals surface area contributed by atoms with E-state index in [2.05, 4.69) is 17.1 Å². The van der Waals surface area contributed by atoms with E-state index in [-0.39, 0.29) is 35.4 Å². The molecule has 172 valence electrons. The highest BCUT2D eigenvalue weighted by atomic mass is 16.4. The maximum Gasteiger partial charge on any atom is 0.331 e. The Balaban J connectivity index is 3.12. The van der Waals surface area contributed by atoms with Crippen LogP contribution in [0.15, 0.2) is 11.6 Å². The van der Waals surface area contributed by atoms with Crippen LogP contribution >= 0.6 is 0 Å². The van der Waals surface area contributed by atoms with Gasteiger partial charge in [0.05, 0.1) is 12.1 Å². The van der Waals surface area contributed by atoms with Crippen molar-refractivity contribution in [1.29, 1.82) is 0 Å². The number of aliphatic carboxylic acids is 1. The van der Waals surface area contributed by atoms with Gasteiger partial charge in [0.1, 0.15) is 6.04 Å². The Kier molecular flexibility index (Phi) is 9.08. The summed E-state index contributed by atoms with van der Waals surface area (Å²) in [5.41, 5.74) is -0.296. The van der Waals surface area contributed by atoms with Crippen LogP contribution in [0.4, 0.5) is 0 Å². The maximum atomic E-state index is 13.5. The number of piperidine rings is 1. The van der Waals surface area contributed by atoms with E-state index in [0.717, 1.165) is 19.4 Å². The van der Waals surface area contributed by atoms with Crippen LogP contribution in [0.3, 0.4) is 0 Å². The highest BCUT2D eigenvalue weighted by Gasteiger charge is 2.39. The second-order valence-electron chi connectivity index (χ2n) is 10.3. The van der Waals surface area contributed by atoms with E-state index in [1.54, 1.807) is 18.0 Å². The average molecular weight is 424 g/mol. The third kappa shape index (κ3) is 6.83. The van der Waals surface area contributed by atoms with E-state index in [1.165, 1.54) is 6.92 Å². The van der Waals surface area contributed by atoms with Crippen molar-refractivity contribution < 1.29 is 19.5 Å². The number of amides is 2. The fourth-order valence-corrected chi connectivity index (χ4v) is 3.88. The molecule has 7 heteroatoms. The molecular formula is C23H41N3O4. The molecule has 2 N–H and O–H groups in total. The summed E-state index contributed by atoms with van der Waals surface area (Å²) in [5.74, 6) is -0.844. The van der Waals surface area contributed by atoms with Gasteiger partial charge in [-0.2, -0.15) is 0 Å². The lowest BCUT2D eigenvalue weighted by Gasteiger charge is -2.40. The van der Waals surface area contributed by atoms with E-state index >= 15 is 0 Å². The summed E-state index contributed by atoms with van der Waals surface area (Å²) >= 11 is 0. The van der Waals surface area contributed by atoms with Crippen molar-refractivity contribution in [2.75, 3.05) is 20.6 Å². The summed E-state index contributed by atoms with van der Waals surface area (Å²) in [7, 11) is 3.63. The standard InChI is InChI=1S/C23H41N3O4/c1-14(2)17(13-16(4)22(29)30)26(9)21(28)19(23(5,6)7)24-20(27)18-12-15(3)10-11-25(18)8/h13-15,17-19H,10-12H2,1-9H3,(H,24,27)(H,29,30)/b16-13+/t15-,17-,18?,19?/m1/s1. The van der Waals surface area contributed by atoms with Gasteiger partial charge in [-0.1, -0.05) is 47.6 Å². The van der Waals surface area contributed by atoms with E-state index in [1.807, 2.05) is 41.7 Å². The zero-order valence-corrected chi connectivity index (χ0v) is 20.2. The van der Waals surface area contributed by atoms with Crippen LogP contribution in [0.2, 0.25) is 0 Å². The molecule has 1 aliphatic heterocycles. The fourth-order valence-electron chi connectivity index (χ4n) is 3.88. The van der Waals surface area contributed by atoms with Crippen molar-refractivity contribution in [2.45, 2.75) is 79.4 Å². The third-order valence-corrected chi connectivity index (χ3v) is 6.07. The lowest BCUT2D eigenvalue weighted by molar-refractivity contribution is -0.141. The number of carboxylic acid groups (broad SMARTS) is 1. The summed E-state index contributed by atoms with van der Waals surface area (Å²) in [4.78, 5) is 41.5. The Bertz CT molecular complexity index is 666. The van der Waals surface area contributed by atoms with E-state index in [9.17, 15) is 19.5 Å². The van der Waals surface area contributed by atoms with Crippen molar-refractivity contribution in [1.82, 2.24) is 15.1 Å². The van der Waals surface area contributed by atoms with Crippen LogP contribution in [0.1, 0.15) is 61.3 Å². The normalized spacial score (nSPS) is 23.1. The number of carbonyl (C=O) groups is 3. The molecule has 0 radical (unpaired) electrons. The highest BCUT2D eigenvalue weighted by molar-refractivity contribution is 5.91. The second-order valence-corrected chi connectivity index (χ2v) is 10.3. The number of carboxylic acids is 1. The quantitative estimate of drug-likeness (QED) is 0.615. The van der Waals surface area contributed by atoms with E-state index in [4.69, 9.17) is 0 Å². The fraction of sp³-hybridized carbons (Fsp3) is 0.783. The molecule has 1 rings (SSSR count). The lowest BCUT2D eigenvalue weighted by atomic mass is 9.84. The number of hydrogen-bond donors (Lipinski definition) is 2. The Labute approximate surface area is 181 Å². The van der Waals surface area contributed by atoms with Gasteiger partial charge in [-0.15, -0.1) is 0 Å². The SMILES string of the molecule is C/C(=C\[C@H](C(C)C)N(C)C(=O)C(NC(=O)C1C[C@H](C)CCN1C)C(C)(C)C)C(=O)O. The molecule has 0 saturated carbocycles. The molecule has 4 atom stereocenters. The average Bonchev–Trinajstić information content (AvgIpc) is 2.63. The van der Waals surface area contributed by atoms with Gasteiger partial charge in [0.25, 0.3) is 0 Å². The molecule has 2 unspecified atom stereocenters. The number of nitrogens with zero attached hydrogens (tertiary/aromatic N) is 2. The molecule has 1 aliphatic rings. The zero-order valence-electron chi connectivity index (χ0n) is 20.2. The summed E-state index contributed by atoms with van der Waals surface area (Å²) in [6.45, 7) is 14.2. The summed E-state index contributed by atoms with van der Waals surface area (Å²) in [6.07, 6.45) is 3.46. The second kappa shape index (κ2) is 10.4. The first-order valence-corrected chi connectivity index (χ1v) is 10.9. The van der Waals surface area contributed by atoms with Crippen LogP contribution in [0.5, 0.6) is 0 Å². The molecule has 0 aromatic heterocycles. The van der Waals surface area contributed by atoms with E-state index < -0.39 is 17.4 Å². The van der Waals surface area contributed by atoms with Gasteiger partial charge in [-0.05, 0) is 50.6 Å². The Hall–Kier alpha value is -1.89. The molecule has 0 aromatic rings. The minimum absolute atomic E-state index is 0.0231. The Morgan fingerprint density at radius 1 is 1.23 bits per heavy atom. The number of likely N-dealkylation sites (N-methyl/N-ethyl adjacent to an activating group) is 2. The first kappa shape index (κ1) is 26.1. The van der Waals surface area contributed by atoms with Crippen molar-refractivity contribution in [3.8, 4) is 0 Å². The number of carbonyl (C=O) groups excluding carboxylic acids is 2. The topological polar surface area (TPSA) is 90.0 Å². The van der Waals surface area contributed by atoms with Gasteiger partial charge in [-0.25, -0.2) is 4.79 Å². The first-order chi connectivity index (χ1) is 13.7. The zero-order chi connectivity index (χ0) is 23.4. The smallest absolute Gasteiger partial charge is 0.331 e. The summed E-state index contributed by atoms with van der Waals surface area (Å²) in [5, 5.41) is 12.3. The largest absolute Gasteiger partial charge is 0.478 e. The number of rotatable bonds is 7. The van der Waals surface area contributed by atoms with Crippen LogP contribution in [0, 0.1) is 17.3 Å². The van der Waals surface area contributed by atoms with Gasteiger partial charge in [0, 0.05) is 12.6 Å². The molecule has 0 spiro atoms. The predicted octanol–water partition coefficient (Wildman–Crippen LogP) is 2.76. The lowest BCUT2D eigenvalue weighted by Crippen LogP contribution is -2.60. The minimum Gasteiger partial charge on any atom is -0.478 e. The Morgan fingerprint density at radius 2 is 1.80 bits per heavy atom. The molecule has 0 aliphatic carbocycles. The molecule has 1 fully saturated rings. The van der Waals surface area contributed by atoms with Crippen molar-refractivity contribution in [2.24, 2.45) is 17.3 Å². The van der Waals surface area contributed by atoms with Crippen LogP contribution in [0.25, 0.3) is 0 Å². The molecule has 1 saturated heterocycles. The number of hydrogen-bond acceptors (Lipinski definition) is 4. The van der Waals surface area contributed by atoms with Crippen molar-refractivity contribution >= 4 is 17.8 Å². The molecule has 7 nitrogen and oxygen atoms in total. The van der Waals surface area contributed by atoms with Crippen LogP contribution in [-0.4, -0.2) is 71.5 Å². The number of likely N-dealkylation sites (tertiary alicyclic amines) is 1. The van der Waals surface area contributed by atoms with Gasteiger partial charge in [-0.3, -0.25) is 14.5 Å². The molecular weight excluding hydrogens is 382 g/mol. The minimum atomic E-state index is -1.00. The van der Waals surface area contributed by atoms with Crippen molar-refractivity contribution in [3.05, 3.63) is 11.6 Å². The van der Waals surface area contributed by atoms with Gasteiger partial charge in [0.15, 0.2) is 0 Å². The van der Waals surface area contributed by atoms with Gasteiger partial charge < -0.3 is 15.3 Å².